The summed E-state index contributed by atoms with van der Waals surface area (Å²) in [6.45, 7) is 5.00. The molecule has 1 aromatic carbocycles. The largest absolute Gasteiger partial charge is 0.507 e. The van der Waals surface area contributed by atoms with Crippen molar-refractivity contribution < 1.29 is 5.11 Å². The van der Waals surface area contributed by atoms with Crippen molar-refractivity contribution in [2.75, 3.05) is 36.0 Å². The van der Waals surface area contributed by atoms with Gasteiger partial charge in [-0.05, 0) is 19.1 Å². The van der Waals surface area contributed by atoms with Crippen LogP contribution in [-0.4, -0.2) is 51.0 Å². The molecule has 144 valence electrons. The van der Waals surface area contributed by atoms with Crippen LogP contribution in [0.2, 0.25) is 0 Å². The van der Waals surface area contributed by atoms with E-state index >= 15 is 0 Å². The molecule has 2 aromatic heterocycles. The molecule has 0 bridgehead atoms. The van der Waals surface area contributed by atoms with E-state index in [0.717, 1.165) is 43.4 Å². The molecule has 0 unspecified atom stereocenters. The van der Waals surface area contributed by atoms with Crippen LogP contribution in [0.1, 0.15) is 5.69 Å². The van der Waals surface area contributed by atoms with E-state index in [1.54, 1.807) is 31.4 Å². The smallest absolute Gasteiger partial charge is 0.268 e. The lowest BCUT2D eigenvalue weighted by molar-refractivity contribution is 0.477. The van der Waals surface area contributed by atoms with Gasteiger partial charge in [-0.15, -0.1) is 0 Å². The van der Waals surface area contributed by atoms with E-state index in [-0.39, 0.29) is 11.3 Å². The molecule has 0 spiro atoms. The monoisotopic (exact) mass is 378 g/mol. The molecule has 1 N–H and O–H groups in total. The number of rotatable bonds is 3. The molecule has 8 nitrogen and oxygen atoms in total. The molecule has 1 fully saturated rings. The minimum Gasteiger partial charge on any atom is -0.507 e. The van der Waals surface area contributed by atoms with Gasteiger partial charge in [0.15, 0.2) is 5.82 Å². The maximum Gasteiger partial charge on any atom is 0.268 e. The zero-order chi connectivity index (χ0) is 19.7. The maximum absolute atomic E-state index is 11.8. The number of phenolic OH excluding ortho intramolecular Hbond substituents is 1. The Kier molecular flexibility index (Phi) is 4.68. The van der Waals surface area contributed by atoms with E-state index in [1.807, 2.05) is 25.1 Å². The van der Waals surface area contributed by atoms with Crippen molar-refractivity contribution in [3.63, 3.8) is 0 Å². The van der Waals surface area contributed by atoms with E-state index in [1.165, 1.54) is 4.68 Å². The highest BCUT2D eigenvalue weighted by Gasteiger charge is 2.20. The minimum absolute atomic E-state index is 0.112. The van der Waals surface area contributed by atoms with Crippen molar-refractivity contribution in [2.45, 2.75) is 6.92 Å². The zero-order valence-electron chi connectivity index (χ0n) is 15.9. The summed E-state index contributed by atoms with van der Waals surface area (Å²) < 4.78 is 1.32. The molecule has 0 aliphatic carbocycles. The molecule has 0 radical (unpaired) electrons. The van der Waals surface area contributed by atoms with Crippen molar-refractivity contribution in [2.24, 2.45) is 7.05 Å². The lowest BCUT2D eigenvalue weighted by Crippen LogP contribution is -2.47. The van der Waals surface area contributed by atoms with Crippen LogP contribution in [0, 0.1) is 6.92 Å². The number of phenols is 1. The molecule has 1 saturated heterocycles. The molecule has 3 heterocycles. The predicted molar refractivity (Wildman–Crippen MR) is 108 cm³/mol. The maximum atomic E-state index is 11.8. The molecular weight excluding hydrogens is 356 g/mol. The Balaban J connectivity index is 1.54. The third-order valence-electron chi connectivity index (χ3n) is 4.91. The molecule has 8 heteroatoms. The van der Waals surface area contributed by atoms with Gasteiger partial charge in [0.1, 0.15) is 11.6 Å². The van der Waals surface area contributed by atoms with Crippen LogP contribution < -0.4 is 15.4 Å². The number of hydrogen-bond donors (Lipinski definition) is 1. The van der Waals surface area contributed by atoms with Crippen LogP contribution in [0.4, 0.5) is 11.5 Å². The second-order valence-corrected chi connectivity index (χ2v) is 6.86. The average molecular weight is 378 g/mol. The van der Waals surface area contributed by atoms with Gasteiger partial charge in [-0.2, -0.15) is 5.10 Å². The number of benzene rings is 1. The van der Waals surface area contributed by atoms with Gasteiger partial charge >= 0.3 is 0 Å². The van der Waals surface area contributed by atoms with E-state index in [0.29, 0.717) is 11.4 Å². The molecule has 4 rings (SSSR count). The second kappa shape index (κ2) is 7.30. The first-order valence-electron chi connectivity index (χ1n) is 9.18. The van der Waals surface area contributed by atoms with Crippen molar-refractivity contribution in [3.8, 4) is 17.1 Å². The Labute approximate surface area is 162 Å². The molecule has 1 aliphatic heterocycles. The third-order valence-corrected chi connectivity index (χ3v) is 4.91. The van der Waals surface area contributed by atoms with Crippen LogP contribution in [0.15, 0.2) is 47.4 Å². The second-order valence-electron chi connectivity index (χ2n) is 6.86. The van der Waals surface area contributed by atoms with E-state index in [4.69, 9.17) is 0 Å². The Morgan fingerprint density at radius 1 is 1.00 bits per heavy atom. The molecular formula is C20H22N6O2. The number of piperazine rings is 1. The number of aromatic hydroxyl groups is 1. The van der Waals surface area contributed by atoms with Crippen molar-refractivity contribution >= 4 is 11.5 Å². The number of anilines is 2. The van der Waals surface area contributed by atoms with E-state index < -0.39 is 0 Å². The third kappa shape index (κ3) is 3.53. The van der Waals surface area contributed by atoms with Gasteiger partial charge in [0.05, 0.1) is 17.4 Å². The summed E-state index contributed by atoms with van der Waals surface area (Å²) in [4.78, 5) is 25.4. The predicted octanol–water partition coefficient (Wildman–Crippen LogP) is 1.58. The summed E-state index contributed by atoms with van der Waals surface area (Å²) in [7, 11) is 1.64. The van der Waals surface area contributed by atoms with Gasteiger partial charge in [0.2, 0.25) is 0 Å². The summed E-state index contributed by atoms with van der Waals surface area (Å²) in [5, 5.41) is 14.2. The van der Waals surface area contributed by atoms with Gasteiger partial charge < -0.3 is 14.9 Å². The van der Waals surface area contributed by atoms with Gasteiger partial charge in [-0.3, -0.25) is 4.79 Å². The highest BCUT2D eigenvalue weighted by Crippen LogP contribution is 2.28. The molecule has 0 atom stereocenters. The van der Waals surface area contributed by atoms with E-state index in [9.17, 15) is 9.90 Å². The molecule has 0 amide bonds. The summed E-state index contributed by atoms with van der Waals surface area (Å²) in [5.41, 5.74) is 2.20. The summed E-state index contributed by atoms with van der Waals surface area (Å²) in [5.74, 6) is 1.53. The average Bonchev–Trinajstić information content (AvgIpc) is 2.70. The van der Waals surface area contributed by atoms with Gasteiger partial charge in [0.25, 0.3) is 5.56 Å². The highest BCUT2D eigenvalue weighted by atomic mass is 16.3. The number of aryl methyl sites for hydroxylation is 2. The Morgan fingerprint density at radius 3 is 2.43 bits per heavy atom. The Hall–Kier alpha value is -3.42. The minimum atomic E-state index is -0.112. The van der Waals surface area contributed by atoms with Gasteiger partial charge in [-0.25, -0.2) is 14.6 Å². The standard InChI is InChI=1S/C20H22N6O2/c1-14-11-18(23-20(22-14)16-5-3-4-6-17(16)27)26-9-7-25(8-10-26)15-12-19(28)24(2)21-13-15/h3-6,11-13,27H,7-10H2,1-2H3. The Bertz CT molecular complexity index is 1060. The normalized spacial score (nSPS) is 14.4. The number of nitrogens with zero attached hydrogens (tertiary/aromatic N) is 6. The quantitative estimate of drug-likeness (QED) is 0.740. The topological polar surface area (TPSA) is 87.4 Å². The van der Waals surface area contributed by atoms with Crippen molar-refractivity contribution in [3.05, 3.63) is 58.6 Å². The summed E-state index contributed by atoms with van der Waals surface area (Å²) in [6.07, 6.45) is 1.72. The van der Waals surface area contributed by atoms with Gasteiger partial charge in [0, 0.05) is 51.1 Å². The van der Waals surface area contributed by atoms with Gasteiger partial charge in [-0.1, -0.05) is 12.1 Å². The van der Waals surface area contributed by atoms with Crippen LogP contribution in [0.5, 0.6) is 5.75 Å². The fourth-order valence-corrected chi connectivity index (χ4v) is 3.32. The molecule has 0 saturated carbocycles. The number of aromatic nitrogens is 4. The number of hydrogen-bond acceptors (Lipinski definition) is 7. The number of para-hydroxylation sites is 1. The van der Waals surface area contributed by atoms with Crippen LogP contribution in [0.3, 0.4) is 0 Å². The fraction of sp³-hybridized carbons (Fsp3) is 0.300. The van der Waals surface area contributed by atoms with Crippen molar-refractivity contribution in [1.82, 2.24) is 19.7 Å². The summed E-state index contributed by atoms with van der Waals surface area (Å²) >= 11 is 0. The fourth-order valence-electron chi connectivity index (χ4n) is 3.32. The first kappa shape index (κ1) is 18.0. The van der Waals surface area contributed by atoms with E-state index in [2.05, 4.69) is 24.9 Å². The summed E-state index contributed by atoms with van der Waals surface area (Å²) in [6, 6.07) is 10.7. The lowest BCUT2D eigenvalue weighted by atomic mass is 10.2. The molecule has 3 aromatic rings. The Morgan fingerprint density at radius 2 is 1.71 bits per heavy atom. The first-order chi connectivity index (χ1) is 13.5. The zero-order valence-corrected chi connectivity index (χ0v) is 15.9. The molecule has 28 heavy (non-hydrogen) atoms. The SMILES string of the molecule is Cc1cc(N2CCN(c3cnn(C)c(=O)c3)CC2)nc(-c2ccccc2O)n1. The highest BCUT2D eigenvalue weighted by molar-refractivity contribution is 5.65. The van der Waals surface area contributed by atoms with Crippen LogP contribution in [0.25, 0.3) is 11.4 Å². The van der Waals surface area contributed by atoms with Crippen molar-refractivity contribution in [1.29, 1.82) is 0 Å². The first-order valence-corrected chi connectivity index (χ1v) is 9.18. The lowest BCUT2D eigenvalue weighted by Gasteiger charge is -2.36. The molecule has 1 aliphatic rings. The van der Waals surface area contributed by atoms with Crippen LogP contribution >= 0.6 is 0 Å². The van der Waals surface area contributed by atoms with Crippen LogP contribution in [-0.2, 0) is 7.05 Å².